The van der Waals surface area contributed by atoms with Gasteiger partial charge in [-0.05, 0) is 55.5 Å². The second kappa shape index (κ2) is 12.2. The number of aromatic nitrogens is 6. The molecule has 0 saturated heterocycles. The molecule has 0 spiro atoms. The highest BCUT2D eigenvalue weighted by Crippen LogP contribution is 2.30. The molecule has 0 fully saturated rings. The van der Waals surface area contributed by atoms with Gasteiger partial charge in [-0.25, -0.2) is 9.97 Å². The van der Waals surface area contributed by atoms with E-state index in [-0.39, 0.29) is 22.9 Å². The lowest BCUT2D eigenvalue weighted by Gasteiger charge is -2.07. The van der Waals surface area contributed by atoms with Gasteiger partial charge >= 0.3 is 0 Å². The van der Waals surface area contributed by atoms with Gasteiger partial charge in [0, 0.05) is 23.2 Å². The molecule has 6 rings (SSSR count). The fourth-order valence-electron chi connectivity index (χ4n) is 3.82. The van der Waals surface area contributed by atoms with Crippen LogP contribution in [0.3, 0.4) is 0 Å². The molecule has 4 N–H and O–H groups in total. The molecule has 0 atom stereocenters. The van der Waals surface area contributed by atoms with E-state index in [1.807, 2.05) is 13.0 Å². The maximum Gasteiger partial charge on any atom is 0.281 e. The Morgan fingerprint density at radius 2 is 1.29 bits per heavy atom. The summed E-state index contributed by atoms with van der Waals surface area (Å²) in [7, 11) is 0. The molecule has 0 saturated carbocycles. The van der Waals surface area contributed by atoms with E-state index < -0.39 is 11.8 Å². The zero-order valence-electron chi connectivity index (χ0n) is 21.9. The first kappa shape index (κ1) is 27.8. The molecule has 13 heteroatoms. The summed E-state index contributed by atoms with van der Waals surface area (Å²) in [6.07, 6.45) is 3.10. The van der Waals surface area contributed by atoms with Crippen LogP contribution in [0.1, 0.15) is 26.5 Å². The number of amides is 2. The van der Waals surface area contributed by atoms with E-state index in [9.17, 15) is 19.8 Å². The number of nitrogens with one attached hydrogen (secondary N) is 2. The van der Waals surface area contributed by atoms with Crippen molar-refractivity contribution in [3.63, 3.8) is 0 Å². The van der Waals surface area contributed by atoms with Crippen LogP contribution in [-0.2, 0) is 0 Å². The molecule has 208 valence electrons. The normalized spacial score (nSPS) is 10.5. The number of aryl methyl sites for hydroxylation is 1. The van der Waals surface area contributed by atoms with E-state index in [2.05, 4.69) is 41.0 Å². The summed E-state index contributed by atoms with van der Waals surface area (Å²) in [4.78, 5) is 32.2. The Balaban J connectivity index is 0.000000168. The van der Waals surface area contributed by atoms with Crippen molar-refractivity contribution in [2.24, 2.45) is 0 Å². The lowest BCUT2D eigenvalue weighted by Crippen LogP contribution is -2.15. The molecule has 12 nitrogen and oxygen atoms in total. The van der Waals surface area contributed by atoms with Crippen LogP contribution < -0.4 is 10.6 Å². The average Bonchev–Trinajstić information content (AvgIpc) is 2.99. The standard InChI is InChI=1S/C15H12N4O2.C14H9ClN4O2/c1-9-5-6-11-10(8-9)14(20)13(19-18-11)15(21)17-12-4-2-3-7-16-12;15-9-5-3-4-8-11(9)18-19-12(13(8)20)14(21)17-10-6-1-2-7-16-10/h2-8H,1H3,(H,18,20)(H,16,17,21);1-7H,(H,18,20)(H,16,17,21). The maximum absolute atomic E-state index is 12.1. The van der Waals surface area contributed by atoms with Crippen molar-refractivity contribution >= 4 is 56.9 Å². The van der Waals surface area contributed by atoms with Crippen LogP contribution in [0, 0.1) is 6.92 Å². The quantitative estimate of drug-likeness (QED) is 0.224. The topological polar surface area (TPSA) is 176 Å². The maximum atomic E-state index is 12.1. The Kier molecular flexibility index (Phi) is 8.07. The zero-order valence-corrected chi connectivity index (χ0v) is 22.6. The Morgan fingerprint density at radius 3 is 1.88 bits per heavy atom. The fraction of sp³-hybridized carbons (Fsp3) is 0.0345. The third-order valence-electron chi connectivity index (χ3n) is 5.85. The minimum Gasteiger partial charge on any atom is -0.505 e. The molecular weight excluding hydrogens is 560 g/mol. The summed E-state index contributed by atoms with van der Waals surface area (Å²) >= 11 is 5.97. The molecule has 0 unspecified atom stereocenters. The van der Waals surface area contributed by atoms with Crippen molar-refractivity contribution < 1.29 is 19.8 Å². The van der Waals surface area contributed by atoms with E-state index in [0.717, 1.165) is 5.56 Å². The zero-order chi connectivity index (χ0) is 29.6. The summed E-state index contributed by atoms with van der Waals surface area (Å²) in [5.74, 6) is -0.862. The van der Waals surface area contributed by atoms with Gasteiger partial charge in [-0.3, -0.25) is 9.59 Å². The Bertz CT molecular complexity index is 1860. The third-order valence-corrected chi connectivity index (χ3v) is 6.15. The Morgan fingerprint density at radius 1 is 0.690 bits per heavy atom. The van der Waals surface area contributed by atoms with Crippen molar-refractivity contribution in [3.8, 4) is 11.5 Å². The van der Waals surface area contributed by atoms with Crippen molar-refractivity contribution in [2.45, 2.75) is 6.92 Å². The monoisotopic (exact) mass is 580 g/mol. The molecule has 0 aliphatic rings. The third kappa shape index (κ3) is 6.03. The average molecular weight is 581 g/mol. The summed E-state index contributed by atoms with van der Waals surface area (Å²) in [6, 6.07) is 20.5. The highest BCUT2D eigenvalue weighted by Gasteiger charge is 2.19. The first-order valence-electron chi connectivity index (χ1n) is 12.4. The Hall–Kier alpha value is -5.75. The predicted molar refractivity (Wildman–Crippen MR) is 157 cm³/mol. The number of nitrogens with zero attached hydrogens (tertiary/aromatic N) is 6. The van der Waals surface area contributed by atoms with Gasteiger partial charge < -0.3 is 20.8 Å². The van der Waals surface area contributed by atoms with E-state index in [1.165, 1.54) is 0 Å². The lowest BCUT2D eigenvalue weighted by molar-refractivity contribution is 0.101. The number of carbonyl (C=O) groups excluding carboxylic acids is 2. The van der Waals surface area contributed by atoms with Crippen LogP contribution in [0.2, 0.25) is 5.02 Å². The van der Waals surface area contributed by atoms with E-state index in [4.69, 9.17) is 11.6 Å². The fourth-order valence-corrected chi connectivity index (χ4v) is 4.03. The summed E-state index contributed by atoms with van der Waals surface area (Å²) in [6.45, 7) is 1.90. The minimum absolute atomic E-state index is 0.126. The van der Waals surface area contributed by atoms with Gasteiger partial charge in [0.1, 0.15) is 17.2 Å². The SMILES string of the molecule is Cc1ccc2nnc(C(=O)Nc3ccccn3)c(O)c2c1.O=C(Nc1ccccn1)c1nnc2c(Cl)cccc2c1O. The number of benzene rings is 2. The minimum atomic E-state index is -0.597. The van der Waals surface area contributed by atoms with Crippen LogP contribution in [-0.4, -0.2) is 52.4 Å². The van der Waals surface area contributed by atoms with Gasteiger partial charge in [-0.2, -0.15) is 0 Å². The molecule has 6 aromatic rings. The van der Waals surface area contributed by atoms with Crippen LogP contribution in [0.4, 0.5) is 11.6 Å². The van der Waals surface area contributed by atoms with Crippen molar-refractivity contribution in [1.29, 1.82) is 0 Å². The predicted octanol–water partition coefficient (Wildman–Crippen LogP) is 4.93. The van der Waals surface area contributed by atoms with E-state index in [0.29, 0.717) is 38.5 Å². The van der Waals surface area contributed by atoms with Crippen LogP contribution >= 0.6 is 11.6 Å². The van der Waals surface area contributed by atoms with Gasteiger partial charge in [0.05, 0.1) is 10.5 Å². The molecule has 0 aliphatic heterocycles. The number of anilines is 2. The van der Waals surface area contributed by atoms with E-state index >= 15 is 0 Å². The number of hydrogen-bond donors (Lipinski definition) is 4. The van der Waals surface area contributed by atoms with Gasteiger partial charge in [0.2, 0.25) is 0 Å². The Labute approximate surface area is 243 Å². The molecule has 0 bridgehead atoms. The second-order valence-electron chi connectivity index (χ2n) is 8.79. The van der Waals surface area contributed by atoms with Crippen molar-refractivity contribution in [1.82, 2.24) is 30.4 Å². The number of pyridine rings is 2. The smallest absolute Gasteiger partial charge is 0.281 e. The number of fused-ring (bicyclic) bond motifs is 2. The van der Waals surface area contributed by atoms with Gasteiger partial charge in [0.15, 0.2) is 22.9 Å². The molecule has 0 radical (unpaired) electrons. The number of aromatic hydroxyl groups is 2. The first-order chi connectivity index (χ1) is 20.3. The van der Waals surface area contributed by atoms with Crippen LogP contribution in [0.5, 0.6) is 11.5 Å². The van der Waals surface area contributed by atoms with Gasteiger partial charge in [-0.1, -0.05) is 41.4 Å². The highest BCUT2D eigenvalue weighted by atomic mass is 35.5. The number of carbonyl (C=O) groups is 2. The number of hydrogen-bond acceptors (Lipinski definition) is 10. The van der Waals surface area contributed by atoms with Crippen molar-refractivity contribution in [2.75, 3.05) is 10.6 Å². The van der Waals surface area contributed by atoms with Gasteiger partial charge in [-0.15, -0.1) is 20.4 Å². The molecule has 2 amide bonds. The number of rotatable bonds is 4. The highest BCUT2D eigenvalue weighted by molar-refractivity contribution is 6.35. The van der Waals surface area contributed by atoms with Crippen LogP contribution in [0.25, 0.3) is 21.8 Å². The van der Waals surface area contributed by atoms with Gasteiger partial charge in [0.25, 0.3) is 11.8 Å². The number of halogens is 1. The first-order valence-corrected chi connectivity index (χ1v) is 12.7. The molecule has 42 heavy (non-hydrogen) atoms. The molecule has 4 aromatic heterocycles. The van der Waals surface area contributed by atoms with Crippen LogP contribution in [0.15, 0.2) is 85.2 Å². The summed E-state index contributed by atoms with van der Waals surface area (Å²) < 4.78 is 0. The largest absolute Gasteiger partial charge is 0.505 e. The summed E-state index contributed by atoms with van der Waals surface area (Å²) in [5, 5.41) is 42.1. The molecule has 2 aromatic carbocycles. The second-order valence-corrected chi connectivity index (χ2v) is 9.20. The lowest BCUT2D eigenvalue weighted by atomic mass is 10.1. The van der Waals surface area contributed by atoms with E-state index in [1.54, 1.807) is 79.1 Å². The molecular formula is C29H21ClN8O4. The molecule has 0 aliphatic carbocycles. The molecule has 4 heterocycles. The van der Waals surface area contributed by atoms with Crippen molar-refractivity contribution in [3.05, 3.63) is 107 Å². The summed E-state index contributed by atoms with van der Waals surface area (Å²) in [5.41, 5.74) is 1.52.